The molecular weight excluding hydrogens is 344 g/mol. The molecule has 1 heterocycles. The minimum absolute atomic E-state index is 0.0103. The van der Waals surface area contributed by atoms with Gasteiger partial charge in [0.15, 0.2) is 5.82 Å². The van der Waals surface area contributed by atoms with Crippen molar-refractivity contribution in [2.45, 2.75) is 30.2 Å². The van der Waals surface area contributed by atoms with Crippen molar-refractivity contribution < 1.29 is 4.79 Å². The number of rotatable bonds is 7. The highest BCUT2D eigenvalue weighted by Gasteiger charge is 2.18. The van der Waals surface area contributed by atoms with E-state index in [0.29, 0.717) is 17.5 Å². The number of H-pyrrole nitrogens is 1. The standard InChI is InChI=1S/C20H22N4OS/c1-14(16-9-5-3-6-10-16)13-21-19(25)15(2)26-20-22-18(23-24-20)17-11-7-4-8-12-17/h3-12,14-15H,13H2,1-2H3,(H,21,25)(H,22,23,24)/t14-,15+/m0/s1. The van der Waals surface area contributed by atoms with E-state index in [-0.39, 0.29) is 17.1 Å². The number of hydrogen-bond donors (Lipinski definition) is 2. The zero-order valence-corrected chi connectivity index (χ0v) is 15.7. The summed E-state index contributed by atoms with van der Waals surface area (Å²) in [6.07, 6.45) is 0. The Morgan fingerprint density at radius 1 is 1.08 bits per heavy atom. The van der Waals surface area contributed by atoms with Crippen molar-refractivity contribution in [1.82, 2.24) is 20.5 Å². The fourth-order valence-electron chi connectivity index (χ4n) is 2.53. The summed E-state index contributed by atoms with van der Waals surface area (Å²) in [6, 6.07) is 20.0. The molecule has 6 heteroatoms. The summed E-state index contributed by atoms with van der Waals surface area (Å²) in [5.41, 5.74) is 2.19. The SMILES string of the molecule is C[C@@H](Sc1n[nH]c(-c2ccccc2)n1)C(=O)NC[C@H](C)c1ccccc1. The molecule has 0 unspecified atom stereocenters. The molecule has 5 nitrogen and oxygen atoms in total. The molecule has 0 saturated heterocycles. The van der Waals surface area contributed by atoms with Gasteiger partial charge >= 0.3 is 0 Å². The lowest BCUT2D eigenvalue weighted by molar-refractivity contribution is -0.120. The van der Waals surface area contributed by atoms with Crippen LogP contribution in [0.4, 0.5) is 0 Å². The number of amides is 1. The third kappa shape index (κ3) is 4.73. The molecule has 3 aromatic rings. The first-order valence-electron chi connectivity index (χ1n) is 8.60. The highest BCUT2D eigenvalue weighted by molar-refractivity contribution is 8.00. The van der Waals surface area contributed by atoms with E-state index >= 15 is 0 Å². The Labute approximate surface area is 157 Å². The van der Waals surface area contributed by atoms with Crippen molar-refractivity contribution >= 4 is 17.7 Å². The third-order valence-corrected chi connectivity index (χ3v) is 5.08. The first-order valence-corrected chi connectivity index (χ1v) is 9.48. The quantitative estimate of drug-likeness (QED) is 0.623. The molecular formula is C20H22N4OS. The second-order valence-corrected chi connectivity index (χ2v) is 7.46. The van der Waals surface area contributed by atoms with Crippen molar-refractivity contribution in [2.75, 3.05) is 6.54 Å². The highest BCUT2D eigenvalue weighted by atomic mass is 32.2. The molecule has 26 heavy (non-hydrogen) atoms. The average Bonchev–Trinajstić information content (AvgIpc) is 3.15. The molecule has 1 amide bonds. The van der Waals surface area contributed by atoms with Crippen molar-refractivity contribution in [3.05, 3.63) is 66.2 Å². The summed E-state index contributed by atoms with van der Waals surface area (Å²) in [7, 11) is 0. The predicted octanol–water partition coefficient (Wildman–Crippen LogP) is 3.87. The van der Waals surface area contributed by atoms with Crippen LogP contribution in [0.5, 0.6) is 0 Å². The molecule has 0 fully saturated rings. The van der Waals surface area contributed by atoms with Gasteiger partial charge in [-0.1, -0.05) is 79.3 Å². The van der Waals surface area contributed by atoms with E-state index in [4.69, 9.17) is 0 Å². The molecule has 1 aromatic heterocycles. The molecule has 0 aliphatic heterocycles. The normalized spacial score (nSPS) is 13.2. The Bertz CT molecular complexity index is 835. The van der Waals surface area contributed by atoms with E-state index < -0.39 is 0 Å². The lowest BCUT2D eigenvalue weighted by Gasteiger charge is -2.15. The van der Waals surface area contributed by atoms with Crippen LogP contribution in [0, 0.1) is 0 Å². The van der Waals surface area contributed by atoms with Crippen LogP contribution in [0.2, 0.25) is 0 Å². The maximum absolute atomic E-state index is 12.4. The van der Waals surface area contributed by atoms with Gasteiger partial charge in [0, 0.05) is 12.1 Å². The van der Waals surface area contributed by atoms with Crippen LogP contribution in [0.1, 0.15) is 25.3 Å². The second-order valence-electron chi connectivity index (χ2n) is 6.15. The largest absolute Gasteiger partial charge is 0.355 e. The van der Waals surface area contributed by atoms with Gasteiger partial charge in [-0.2, -0.15) is 0 Å². The number of nitrogens with zero attached hydrogens (tertiary/aromatic N) is 2. The Morgan fingerprint density at radius 2 is 1.73 bits per heavy atom. The molecule has 134 valence electrons. The van der Waals surface area contributed by atoms with Gasteiger partial charge in [0.2, 0.25) is 11.1 Å². The Hall–Kier alpha value is -2.60. The van der Waals surface area contributed by atoms with Gasteiger partial charge in [-0.05, 0) is 18.4 Å². The number of carbonyl (C=O) groups is 1. The molecule has 0 bridgehead atoms. The Morgan fingerprint density at radius 3 is 2.42 bits per heavy atom. The molecule has 3 rings (SSSR count). The van der Waals surface area contributed by atoms with Gasteiger partial charge in [0.05, 0.1) is 5.25 Å². The van der Waals surface area contributed by atoms with E-state index in [1.165, 1.54) is 17.3 Å². The minimum atomic E-state index is -0.266. The zero-order chi connectivity index (χ0) is 18.4. The molecule has 0 saturated carbocycles. The second kappa shape index (κ2) is 8.67. The fraction of sp³-hybridized carbons (Fsp3) is 0.250. The first kappa shape index (κ1) is 18.2. The number of thioether (sulfide) groups is 1. The molecule has 2 N–H and O–H groups in total. The van der Waals surface area contributed by atoms with Gasteiger partial charge in [-0.3, -0.25) is 9.89 Å². The molecule has 0 aliphatic rings. The van der Waals surface area contributed by atoms with E-state index in [2.05, 4.69) is 39.6 Å². The fourth-order valence-corrected chi connectivity index (χ4v) is 3.28. The number of benzene rings is 2. The monoisotopic (exact) mass is 366 g/mol. The Balaban J connectivity index is 1.52. The van der Waals surface area contributed by atoms with Crippen LogP contribution in [-0.2, 0) is 4.79 Å². The lowest BCUT2D eigenvalue weighted by atomic mass is 10.0. The van der Waals surface area contributed by atoms with E-state index in [9.17, 15) is 4.79 Å². The van der Waals surface area contributed by atoms with E-state index in [0.717, 1.165) is 5.56 Å². The van der Waals surface area contributed by atoms with Crippen molar-refractivity contribution in [2.24, 2.45) is 0 Å². The number of carbonyl (C=O) groups excluding carboxylic acids is 1. The molecule has 0 spiro atoms. The molecule has 2 atom stereocenters. The van der Waals surface area contributed by atoms with E-state index in [1.807, 2.05) is 55.5 Å². The summed E-state index contributed by atoms with van der Waals surface area (Å²) in [5, 5.41) is 10.4. The smallest absolute Gasteiger partial charge is 0.233 e. The minimum Gasteiger partial charge on any atom is -0.355 e. The van der Waals surface area contributed by atoms with Crippen LogP contribution >= 0.6 is 11.8 Å². The van der Waals surface area contributed by atoms with Gasteiger partial charge in [0.1, 0.15) is 0 Å². The number of hydrogen-bond acceptors (Lipinski definition) is 4. The number of aromatic nitrogens is 3. The van der Waals surface area contributed by atoms with E-state index in [1.54, 1.807) is 0 Å². The van der Waals surface area contributed by atoms with Crippen LogP contribution < -0.4 is 5.32 Å². The first-order chi connectivity index (χ1) is 12.6. The lowest BCUT2D eigenvalue weighted by Crippen LogP contribution is -2.33. The van der Waals surface area contributed by atoms with Crippen LogP contribution in [0.25, 0.3) is 11.4 Å². The van der Waals surface area contributed by atoms with Crippen LogP contribution in [-0.4, -0.2) is 32.9 Å². The summed E-state index contributed by atoms with van der Waals surface area (Å²) in [4.78, 5) is 16.8. The molecule has 0 radical (unpaired) electrons. The summed E-state index contributed by atoms with van der Waals surface area (Å²) < 4.78 is 0. The van der Waals surface area contributed by atoms with Crippen LogP contribution in [0.15, 0.2) is 65.8 Å². The summed E-state index contributed by atoms with van der Waals surface area (Å²) in [6.45, 7) is 4.58. The number of aromatic amines is 1. The maximum Gasteiger partial charge on any atom is 0.233 e. The zero-order valence-electron chi connectivity index (χ0n) is 14.8. The topological polar surface area (TPSA) is 70.7 Å². The number of nitrogens with one attached hydrogen (secondary N) is 2. The van der Waals surface area contributed by atoms with Crippen LogP contribution in [0.3, 0.4) is 0 Å². The summed E-state index contributed by atoms with van der Waals surface area (Å²) >= 11 is 1.35. The van der Waals surface area contributed by atoms with Crippen molar-refractivity contribution in [3.63, 3.8) is 0 Å². The molecule has 2 aromatic carbocycles. The van der Waals surface area contributed by atoms with Crippen molar-refractivity contribution in [3.8, 4) is 11.4 Å². The third-order valence-electron chi connectivity index (χ3n) is 4.11. The Kier molecular flexibility index (Phi) is 6.07. The summed E-state index contributed by atoms with van der Waals surface area (Å²) in [5.74, 6) is 0.966. The van der Waals surface area contributed by atoms with Gasteiger partial charge in [-0.15, -0.1) is 5.10 Å². The van der Waals surface area contributed by atoms with Crippen molar-refractivity contribution in [1.29, 1.82) is 0 Å². The molecule has 0 aliphatic carbocycles. The maximum atomic E-state index is 12.4. The van der Waals surface area contributed by atoms with Gasteiger partial charge < -0.3 is 5.32 Å². The highest BCUT2D eigenvalue weighted by Crippen LogP contribution is 2.22. The van der Waals surface area contributed by atoms with Gasteiger partial charge in [-0.25, -0.2) is 4.98 Å². The average molecular weight is 366 g/mol. The predicted molar refractivity (Wildman–Crippen MR) is 105 cm³/mol. The van der Waals surface area contributed by atoms with Gasteiger partial charge in [0.25, 0.3) is 0 Å².